The topological polar surface area (TPSA) is 33.1 Å². The van der Waals surface area contributed by atoms with Gasteiger partial charge in [0.05, 0.1) is 6.10 Å². The van der Waals surface area contributed by atoms with Crippen LogP contribution in [0.25, 0.3) is 0 Å². The van der Waals surface area contributed by atoms with Gasteiger partial charge in [-0.05, 0) is 29.0 Å². The molecular weight excluding hydrogens is 174 g/mol. The average Bonchev–Trinajstić information content (AvgIpc) is 2.15. The zero-order valence-electron chi connectivity index (χ0n) is 9.41. The Kier molecular flexibility index (Phi) is 3.27. The summed E-state index contributed by atoms with van der Waals surface area (Å²) in [5, 5.41) is 10.1. The molecule has 0 spiro atoms. The summed E-state index contributed by atoms with van der Waals surface area (Å²) in [6.45, 7) is 8.20. The molecule has 0 aromatic carbocycles. The molecule has 14 heavy (non-hydrogen) atoms. The highest BCUT2D eigenvalue weighted by Crippen LogP contribution is 2.33. The SMILES string of the molecule is CCc1cnccc1C(O)C(C)(C)C. The first kappa shape index (κ1) is 11.2. The van der Waals surface area contributed by atoms with E-state index in [1.54, 1.807) is 6.20 Å². The molecule has 0 aliphatic carbocycles. The molecule has 1 aromatic heterocycles. The number of aromatic nitrogens is 1. The molecular formula is C12H19NO. The summed E-state index contributed by atoms with van der Waals surface area (Å²) in [7, 11) is 0. The highest BCUT2D eigenvalue weighted by molar-refractivity contribution is 5.26. The minimum absolute atomic E-state index is 0.120. The molecule has 2 heteroatoms. The van der Waals surface area contributed by atoms with E-state index in [1.165, 1.54) is 0 Å². The largest absolute Gasteiger partial charge is 0.388 e. The van der Waals surface area contributed by atoms with Gasteiger partial charge in [-0.15, -0.1) is 0 Å². The van der Waals surface area contributed by atoms with Crippen molar-refractivity contribution in [2.24, 2.45) is 5.41 Å². The smallest absolute Gasteiger partial charge is 0.0842 e. The van der Waals surface area contributed by atoms with Crippen LogP contribution in [0.3, 0.4) is 0 Å². The first-order valence-electron chi connectivity index (χ1n) is 5.07. The molecule has 0 amide bonds. The molecule has 2 nitrogen and oxygen atoms in total. The lowest BCUT2D eigenvalue weighted by molar-refractivity contribution is 0.0618. The Balaban J connectivity index is 3.06. The second-order valence-electron chi connectivity index (χ2n) is 4.70. The summed E-state index contributed by atoms with van der Waals surface area (Å²) in [6, 6.07) is 1.91. The summed E-state index contributed by atoms with van der Waals surface area (Å²) in [5.74, 6) is 0. The molecule has 1 atom stereocenters. The van der Waals surface area contributed by atoms with E-state index in [2.05, 4.69) is 11.9 Å². The quantitative estimate of drug-likeness (QED) is 0.783. The van der Waals surface area contributed by atoms with E-state index in [4.69, 9.17) is 0 Å². The number of pyridine rings is 1. The van der Waals surface area contributed by atoms with Crippen molar-refractivity contribution in [2.75, 3.05) is 0 Å². The van der Waals surface area contributed by atoms with Gasteiger partial charge in [0.25, 0.3) is 0 Å². The van der Waals surface area contributed by atoms with E-state index in [0.29, 0.717) is 0 Å². The fourth-order valence-electron chi connectivity index (χ4n) is 1.47. The lowest BCUT2D eigenvalue weighted by atomic mass is 9.83. The van der Waals surface area contributed by atoms with Crippen molar-refractivity contribution in [2.45, 2.75) is 40.2 Å². The van der Waals surface area contributed by atoms with Crippen molar-refractivity contribution in [3.8, 4) is 0 Å². The normalized spacial score (nSPS) is 14.1. The van der Waals surface area contributed by atoms with Crippen LogP contribution in [0.5, 0.6) is 0 Å². The first-order chi connectivity index (χ1) is 6.46. The highest BCUT2D eigenvalue weighted by atomic mass is 16.3. The van der Waals surface area contributed by atoms with Crippen molar-refractivity contribution in [1.29, 1.82) is 0 Å². The lowest BCUT2D eigenvalue weighted by Crippen LogP contribution is -2.19. The molecule has 1 unspecified atom stereocenters. The molecule has 1 rings (SSSR count). The summed E-state index contributed by atoms with van der Waals surface area (Å²) >= 11 is 0. The van der Waals surface area contributed by atoms with Gasteiger partial charge in [-0.2, -0.15) is 0 Å². The van der Waals surface area contributed by atoms with Crippen LogP contribution in [-0.4, -0.2) is 10.1 Å². The summed E-state index contributed by atoms with van der Waals surface area (Å²) in [4.78, 5) is 4.07. The fraction of sp³-hybridized carbons (Fsp3) is 0.583. The number of nitrogens with zero attached hydrogens (tertiary/aromatic N) is 1. The molecule has 0 fully saturated rings. The monoisotopic (exact) mass is 193 g/mol. The van der Waals surface area contributed by atoms with Crippen LogP contribution in [0.4, 0.5) is 0 Å². The van der Waals surface area contributed by atoms with Crippen LogP contribution in [-0.2, 0) is 6.42 Å². The molecule has 0 saturated carbocycles. The van der Waals surface area contributed by atoms with Crippen molar-refractivity contribution < 1.29 is 5.11 Å². The van der Waals surface area contributed by atoms with Gasteiger partial charge in [-0.1, -0.05) is 27.7 Å². The van der Waals surface area contributed by atoms with Crippen LogP contribution < -0.4 is 0 Å². The standard InChI is InChI=1S/C12H19NO/c1-5-9-8-13-7-6-10(9)11(14)12(2,3)4/h6-8,11,14H,5H2,1-4H3. The number of aryl methyl sites for hydroxylation is 1. The molecule has 78 valence electrons. The van der Waals surface area contributed by atoms with E-state index >= 15 is 0 Å². The maximum atomic E-state index is 10.1. The van der Waals surface area contributed by atoms with Gasteiger partial charge in [0.2, 0.25) is 0 Å². The fourth-order valence-corrected chi connectivity index (χ4v) is 1.47. The molecule has 1 N–H and O–H groups in total. The summed E-state index contributed by atoms with van der Waals surface area (Å²) < 4.78 is 0. The van der Waals surface area contributed by atoms with E-state index in [1.807, 2.05) is 33.0 Å². The van der Waals surface area contributed by atoms with Crippen LogP contribution in [0, 0.1) is 5.41 Å². The van der Waals surface area contributed by atoms with Gasteiger partial charge in [-0.25, -0.2) is 0 Å². The number of aliphatic hydroxyl groups is 1. The van der Waals surface area contributed by atoms with Crippen molar-refractivity contribution in [1.82, 2.24) is 4.98 Å². The van der Waals surface area contributed by atoms with Crippen LogP contribution >= 0.6 is 0 Å². The summed E-state index contributed by atoms with van der Waals surface area (Å²) in [6.07, 6.45) is 4.07. The third-order valence-corrected chi connectivity index (χ3v) is 2.44. The molecule has 0 radical (unpaired) electrons. The number of aliphatic hydroxyl groups excluding tert-OH is 1. The number of hydrogen-bond acceptors (Lipinski definition) is 2. The van der Waals surface area contributed by atoms with E-state index in [0.717, 1.165) is 17.5 Å². The Labute approximate surface area is 86.0 Å². The van der Waals surface area contributed by atoms with Gasteiger partial charge in [0, 0.05) is 12.4 Å². The van der Waals surface area contributed by atoms with Gasteiger partial charge in [0.1, 0.15) is 0 Å². The van der Waals surface area contributed by atoms with Crippen molar-refractivity contribution >= 4 is 0 Å². The third kappa shape index (κ3) is 2.32. The zero-order chi connectivity index (χ0) is 10.8. The minimum atomic E-state index is -0.416. The maximum absolute atomic E-state index is 10.1. The average molecular weight is 193 g/mol. The van der Waals surface area contributed by atoms with Gasteiger partial charge in [0.15, 0.2) is 0 Å². The van der Waals surface area contributed by atoms with E-state index in [-0.39, 0.29) is 5.41 Å². The summed E-state index contributed by atoms with van der Waals surface area (Å²) in [5.41, 5.74) is 2.02. The van der Waals surface area contributed by atoms with Gasteiger partial charge < -0.3 is 5.11 Å². The molecule has 0 aliphatic rings. The molecule has 0 saturated heterocycles. The molecule has 0 bridgehead atoms. The van der Waals surface area contributed by atoms with Crippen LogP contribution in [0.2, 0.25) is 0 Å². The minimum Gasteiger partial charge on any atom is -0.388 e. The van der Waals surface area contributed by atoms with Crippen molar-refractivity contribution in [3.05, 3.63) is 29.6 Å². The Morgan fingerprint density at radius 1 is 1.43 bits per heavy atom. The molecule has 0 aliphatic heterocycles. The first-order valence-corrected chi connectivity index (χ1v) is 5.07. The van der Waals surface area contributed by atoms with Crippen LogP contribution in [0.15, 0.2) is 18.5 Å². The second-order valence-corrected chi connectivity index (χ2v) is 4.70. The predicted molar refractivity (Wildman–Crippen MR) is 58.0 cm³/mol. The van der Waals surface area contributed by atoms with Gasteiger partial charge in [-0.3, -0.25) is 4.98 Å². The van der Waals surface area contributed by atoms with Crippen LogP contribution in [0.1, 0.15) is 44.9 Å². The second kappa shape index (κ2) is 4.09. The Bertz CT molecular complexity index is 301. The van der Waals surface area contributed by atoms with E-state index in [9.17, 15) is 5.11 Å². The zero-order valence-corrected chi connectivity index (χ0v) is 9.41. The lowest BCUT2D eigenvalue weighted by Gasteiger charge is -2.27. The maximum Gasteiger partial charge on any atom is 0.0842 e. The Morgan fingerprint density at radius 2 is 2.07 bits per heavy atom. The molecule has 1 heterocycles. The Hall–Kier alpha value is -0.890. The van der Waals surface area contributed by atoms with Crippen molar-refractivity contribution in [3.63, 3.8) is 0 Å². The Morgan fingerprint density at radius 3 is 2.57 bits per heavy atom. The molecule has 1 aromatic rings. The highest BCUT2D eigenvalue weighted by Gasteiger charge is 2.25. The number of hydrogen-bond donors (Lipinski definition) is 1. The predicted octanol–water partition coefficient (Wildman–Crippen LogP) is 2.72. The third-order valence-electron chi connectivity index (χ3n) is 2.44. The van der Waals surface area contributed by atoms with E-state index < -0.39 is 6.10 Å². The number of rotatable bonds is 2. The van der Waals surface area contributed by atoms with Gasteiger partial charge >= 0.3 is 0 Å².